The number of para-hydroxylation sites is 2. The molecule has 164 valence electrons. The first-order valence-corrected chi connectivity index (χ1v) is 9.78. The number of aromatic amines is 2. The van der Waals surface area contributed by atoms with Crippen LogP contribution >= 0.6 is 0 Å². The van der Waals surface area contributed by atoms with Gasteiger partial charge in [0.2, 0.25) is 0 Å². The lowest BCUT2D eigenvalue weighted by Gasteiger charge is -2.07. The highest BCUT2D eigenvalue weighted by Gasteiger charge is 2.18. The normalized spacial score (nSPS) is 11.0. The number of phenols is 1. The highest BCUT2D eigenvalue weighted by Crippen LogP contribution is 2.22. The molecule has 0 atom stereocenters. The van der Waals surface area contributed by atoms with Gasteiger partial charge in [0.15, 0.2) is 0 Å². The van der Waals surface area contributed by atoms with Crippen molar-refractivity contribution in [3.63, 3.8) is 0 Å². The summed E-state index contributed by atoms with van der Waals surface area (Å²) in [4.78, 5) is 50.8. The van der Waals surface area contributed by atoms with E-state index in [4.69, 9.17) is 0 Å². The van der Waals surface area contributed by atoms with Gasteiger partial charge in [-0.3, -0.25) is 0 Å². The van der Waals surface area contributed by atoms with Crippen LogP contribution in [-0.2, 0) is 0 Å². The molecule has 0 unspecified atom stereocenters. The zero-order valence-corrected chi connectivity index (χ0v) is 16.9. The Morgan fingerprint density at radius 1 is 0.576 bits per heavy atom. The van der Waals surface area contributed by atoms with Crippen LogP contribution in [0.25, 0.3) is 22.7 Å². The van der Waals surface area contributed by atoms with Crippen LogP contribution in [0.15, 0.2) is 98.0 Å². The minimum atomic E-state index is -0.749. The standard InChI is InChI=1S/C22H16N6O5/c29-18-12-11-16(27-21(32)25(19(30)23-27)14-7-3-1-4-8-14)13-17(18)28-22(33)26(20(31)24-28)15-9-5-2-6-10-15/h1-13,29H,(H,23,30)(H,24,31). The molecule has 0 amide bonds. The van der Waals surface area contributed by atoms with E-state index in [2.05, 4.69) is 10.2 Å². The lowest BCUT2D eigenvalue weighted by Crippen LogP contribution is -2.27. The van der Waals surface area contributed by atoms with Crippen molar-refractivity contribution in [3.8, 4) is 28.5 Å². The van der Waals surface area contributed by atoms with Gasteiger partial charge in [0.25, 0.3) is 0 Å². The van der Waals surface area contributed by atoms with Gasteiger partial charge in [0.1, 0.15) is 11.4 Å². The molecule has 3 N–H and O–H groups in total. The molecule has 0 radical (unpaired) electrons. The Hall–Kier alpha value is -5.06. The molecule has 2 aromatic heterocycles. The monoisotopic (exact) mass is 444 g/mol. The summed E-state index contributed by atoms with van der Waals surface area (Å²) in [7, 11) is 0. The number of nitrogens with zero attached hydrogens (tertiary/aromatic N) is 4. The van der Waals surface area contributed by atoms with E-state index >= 15 is 0 Å². The van der Waals surface area contributed by atoms with Gasteiger partial charge in [-0.05, 0) is 42.5 Å². The Labute approximate surface area is 183 Å². The van der Waals surface area contributed by atoms with Crippen LogP contribution in [0.2, 0.25) is 0 Å². The summed E-state index contributed by atoms with van der Waals surface area (Å²) >= 11 is 0. The van der Waals surface area contributed by atoms with Crippen molar-refractivity contribution in [2.24, 2.45) is 0 Å². The molecule has 2 heterocycles. The zero-order chi connectivity index (χ0) is 23.1. The van der Waals surface area contributed by atoms with Crippen molar-refractivity contribution in [3.05, 3.63) is 121 Å². The van der Waals surface area contributed by atoms with Crippen molar-refractivity contribution in [1.29, 1.82) is 0 Å². The molecule has 11 heteroatoms. The number of hydrogen-bond acceptors (Lipinski definition) is 5. The Morgan fingerprint density at radius 3 is 1.61 bits per heavy atom. The molecule has 0 aliphatic carbocycles. The molecule has 5 aromatic rings. The number of aromatic nitrogens is 6. The third kappa shape index (κ3) is 3.24. The summed E-state index contributed by atoms with van der Waals surface area (Å²) in [5, 5.41) is 15.2. The van der Waals surface area contributed by atoms with Crippen molar-refractivity contribution >= 4 is 0 Å². The third-order valence-electron chi connectivity index (χ3n) is 5.07. The van der Waals surface area contributed by atoms with Crippen LogP contribution in [0.3, 0.4) is 0 Å². The van der Waals surface area contributed by atoms with E-state index in [0.29, 0.717) is 11.4 Å². The van der Waals surface area contributed by atoms with Crippen LogP contribution < -0.4 is 22.8 Å². The van der Waals surface area contributed by atoms with E-state index in [1.165, 1.54) is 18.2 Å². The molecule has 0 saturated carbocycles. The maximum Gasteiger partial charge on any atom is 0.356 e. The average molecular weight is 444 g/mol. The predicted molar refractivity (Wildman–Crippen MR) is 119 cm³/mol. The zero-order valence-electron chi connectivity index (χ0n) is 16.9. The van der Waals surface area contributed by atoms with Gasteiger partial charge >= 0.3 is 22.8 Å². The Balaban J connectivity index is 1.67. The topological polar surface area (TPSA) is 140 Å². The van der Waals surface area contributed by atoms with Crippen molar-refractivity contribution in [2.45, 2.75) is 0 Å². The summed E-state index contributed by atoms with van der Waals surface area (Å²) in [5.41, 5.74) is -1.99. The molecule has 0 aliphatic rings. The van der Waals surface area contributed by atoms with E-state index in [1.807, 2.05) is 0 Å². The SMILES string of the molecule is O=c1[nH]n(-c2ccc(O)c(-n3[nH]c(=O)n(-c4ccccc4)c3=O)c2)c(=O)n1-c1ccccc1. The fourth-order valence-electron chi connectivity index (χ4n) is 3.54. The average Bonchev–Trinajstić information content (AvgIpc) is 3.29. The lowest BCUT2D eigenvalue weighted by molar-refractivity contribution is 0.469. The minimum absolute atomic E-state index is 0.0792. The van der Waals surface area contributed by atoms with Gasteiger partial charge in [-0.25, -0.2) is 43.2 Å². The number of benzene rings is 3. The smallest absolute Gasteiger partial charge is 0.356 e. The second-order valence-electron chi connectivity index (χ2n) is 7.08. The fraction of sp³-hybridized carbons (Fsp3) is 0. The number of nitrogens with one attached hydrogen (secondary N) is 2. The van der Waals surface area contributed by atoms with Gasteiger partial charge in [-0.1, -0.05) is 36.4 Å². The van der Waals surface area contributed by atoms with E-state index < -0.39 is 22.8 Å². The number of aromatic hydroxyl groups is 1. The number of hydrogen-bond donors (Lipinski definition) is 3. The van der Waals surface area contributed by atoms with Crippen molar-refractivity contribution in [1.82, 2.24) is 28.7 Å². The summed E-state index contributed by atoms with van der Waals surface area (Å²) in [6.07, 6.45) is 0. The number of rotatable bonds is 4. The third-order valence-corrected chi connectivity index (χ3v) is 5.07. The molecule has 0 saturated heterocycles. The van der Waals surface area contributed by atoms with Crippen LogP contribution in [0, 0.1) is 0 Å². The second kappa shape index (κ2) is 7.57. The second-order valence-corrected chi connectivity index (χ2v) is 7.08. The van der Waals surface area contributed by atoms with Crippen molar-refractivity contribution < 1.29 is 5.11 Å². The molecule has 33 heavy (non-hydrogen) atoms. The summed E-state index contributed by atoms with van der Waals surface area (Å²) < 4.78 is 3.71. The lowest BCUT2D eigenvalue weighted by atomic mass is 10.2. The van der Waals surface area contributed by atoms with Gasteiger partial charge in [0.05, 0.1) is 17.1 Å². The molecular weight excluding hydrogens is 428 g/mol. The van der Waals surface area contributed by atoms with Gasteiger partial charge in [0, 0.05) is 0 Å². The van der Waals surface area contributed by atoms with Gasteiger partial charge in [-0.15, -0.1) is 0 Å². The first kappa shape index (κ1) is 19.9. The predicted octanol–water partition coefficient (Wildman–Crippen LogP) is 0.652. The number of phenolic OH excluding ortho intramolecular Hbond substituents is 1. The highest BCUT2D eigenvalue weighted by atomic mass is 16.3. The summed E-state index contributed by atoms with van der Waals surface area (Å²) in [6, 6.07) is 20.6. The number of H-pyrrole nitrogens is 2. The van der Waals surface area contributed by atoms with Gasteiger partial charge in [-0.2, -0.15) is 4.68 Å². The highest BCUT2D eigenvalue weighted by molar-refractivity contribution is 5.52. The maximum atomic E-state index is 13.0. The van der Waals surface area contributed by atoms with Crippen LogP contribution in [0.1, 0.15) is 0 Å². The fourth-order valence-corrected chi connectivity index (χ4v) is 3.54. The van der Waals surface area contributed by atoms with E-state index in [9.17, 15) is 24.3 Å². The van der Waals surface area contributed by atoms with E-state index in [1.54, 1.807) is 60.7 Å². The first-order chi connectivity index (χ1) is 16.0. The quantitative estimate of drug-likeness (QED) is 0.373. The first-order valence-electron chi connectivity index (χ1n) is 9.78. The molecular formula is C22H16N6O5. The minimum Gasteiger partial charge on any atom is -0.506 e. The largest absolute Gasteiger partial charge is 0.506 e. The van der Waals surface area contributed by atoms with Crippen LogP contribution in [0.5, 0.6) is 5.75 Å². The van der Waals surface area contributed by atoms with Crippen LogP contribution in [-0.4, -0.2) is 33.8 Å². The maximum absolute atomic E-state index is 13.0. The van der Waals surface area contributed by atoms with Crippen LogP contribution in [0.4, 0.5) is 0 Å². The molecule has 3 aromatic carbocycles. The molecule has 0 bridgehead atoms. The molecule has 11 nitrogen and oxygen atoms in total. The molecule has 0 spiro atoms. The Kier molecular flexibility index (Phi) is 4.56. The van der Waals surface area contributed by atoms with E-state index in [-0.39, 0.29) is 17.1 Å². The summed E-state index contributed by atoms with van der Waals surface area (Å²) in [5.74, 6) is -0.319. The molecule has 0 aliphatic heterocycles. The molecule has 5 rings (SSSR count). The molecule has 0 fully saturated rings. The van der Waals surface area contributed by atoms with Crippen molar-refractivity contribution in [2.75, 3.05) is 0 Å². The Bertz CT molecular complexity index is 1700. The Morgan fingerprint density at radius 2 is 1.06 bits per heavy atom. The summed E-state index contributed by atoms with van der Waals surface area (Å²) in [6.45, 7) is 0. The van der Waals surface area contributed by atoms with E-state index in [0.717, 1.165) is 18.5 Å². The van der Waals surface area contributed by atoms with Gasteiger partial charge < -0.3 is 5.11 Å².